The maximum absolute atomic E-state index is 12.3. The number of carbonyl (C=O) groups is 1. The summed E-state index contributed by atoms with van der Waals surface area (Å²) in [6.45, 7) is 6.98. The summed E-state index contributed by atoms with van der Waals surface area (Å²) in [7, 11) is 0. The van der Waals surface area contributed by atoms with Gasteiger partial charge in [-0.1, -0.05) is 42.8 Å². The van der Waals surface area contributed by atoms with E-state index in [-0.39, 0.29) is 5.91 Å². The van der Waals surface area contributed by atoms with Crippen LogP contribution in [0, 0.1) is 13.8 Å². The largest absolute Gasteiger partial charge is 0.352 e. The number of nitrogens with one attached hydrogen (secondary N) is 1. The molecule has 2 rings (SSSR count). The second-order valence-electron chi connectivity index (χ2n) is 5.34. The minimum absolute atomic E-state index is 0.0474. The van der Waals surface area contributed by atoms with Gasteiger partial charge in [0, 0.05) is 17.6 Å². The molecule has 0 aliphatic rings. The first kappa shape index (κ1) is 16.6. The third kappa shape index (κ3) is 4.34. The zero-order valence-electron chi connectivity index (χ0n) is 13.3. The number of rotatable bonds is 6. The quantitative estimate of drug-likeness (QED) is 0.805. The van der Waals surface area contributed by atoms with Gasteiger partial charge in [0.1, 0.15) is 5.03 Å². The van der Waals surface area contributed by atoms with Crippen LogP contribution in [0.15, 0.2) is 46.5 Å². The molecule has 1 N–H and O–H groups in total. The highest BCUT2D eigenvalue weighted by Crippen LogP contribution is 2.31. The van der Waals surface area contributed by atoms with Gasteiger partial charge in [-0.25, -0.2) is 4.98 Å². The van der Waals surface area contributed by atoms with Crippen molar-refractivity contribution in [3.8, 4) is 0 Å². The minimum atomic E-state index is -0.0474. The van der Waals surface area contributed by atoms with Crippen molar-refractivity contribution in [2.75, 3.05) is 6.54 Å². The molecule has 1 heterocycles. The van der Waals surface area contributed by atoms with Gasteiger partial charge >= 0.3 is 0 Å². The van der Waals surface area contributed by atoms with E-state index in [0.29, 0.717) is 12.1 Å². The summed E-state index contributed by atoms with van der Waals surface area (Å²) in [5.41, 5.74) is 3.08. The van der Waals surface area contributed by atoms with Gasteiger partial charge in [-0.05, 0) is 44.0 Å². The Kier molecular flexibility index (Phi) is 6.01. The summed E-state index contributed by atoms with van der Waals surface area (Å²) < 4.78 is 0. The Balaban J connectivity index is 2.19. The molecule has 1 amide bonds. The van der Waals surface area contributed by atoms with Crippen molar-refractivity contribution in [3.63, 3.8) is 0 Å². The van der Waals surface area contributed by atoms with Crippen molar-refractivity contribution in [2.24, 2.45) is 0 Å². The Labute approximate surface area is 136 Å². The highest BCUT2D eigenvalue weighted by Gasteiger charge is 2.13. The fraction of sp³-hybridized carbons (Fsp3) is 0.333. The Morgan fingerprint density at radius 1 is 1.27 bits per heavy atom. The van der Waals surface area contributed by atoms with E-state index in [1.807, 2.05) is 6.07 Å². The zero-order chi connectivity index (χ0) is 15.9. The highest BCUT2D eigenvalue weighted by molar-refractivity contribution is 7.99. The first-order chi connectivity index (χ1) is 10.6. The summed E-state index contributed by atoms with van der Waals surface area (Å²) >= 11 is 1.55. The van der Waals surface area contributed by atoms with E-state index in [1.165, 1.54) is 11.1 Å². The van der Waals surface area contributed by atoms with Crippen LogP contribution in [0.25, 0.3) is 0 Å². The molecule has 3 nitrogen and oxygen atoms in total. The number of hydrogen-bond acceptors (Lipinski definition) is 3. The second kappa shape index (κ2) is 7.99. The molecule has 4 heteroatoms. The molecular weight excluding hydrogens is 292 g/mol. The first-order valence-electron chi connectivity index (χ1n) is 7.60. The lowest BCUT2D eigenvalue weighted by molar-refractivity contribution is 0.0949. The average molecular weight is 314 g/mol. The summed E-state index contributed by atoms with van der Waals surface area (Å²) in [6.07, 6.45) is 3.79. The summed E-state index contributed by atoms with van der Waals surface area (Å²) in [5.74, 6) is -0.0474. The van der Waals surface area contributed by atoms with Crippen molar-refractivity contribution in [1.29, 1.82) is 0 Å². The maximum Gasteiger partial charge on any atom is 0.254 e. The van der Waals surface area contributed by atoms with Crippen molar-refractivity contribution in [2.45, 2.75) is 43.5 Å². The number of aryl methyl sites for hydroxylation is 2. The van der Waals surface area contributed by atoms with E-state index in [1.54, 1.807) is 24.0 Å². The molecule has 0 fully saturated rings. The van der Waals surface area contributed by atoms with Gasteiger partial charge in [-0.2, -0.15) is 0 Å². The van der Waals surface area contributed by atoms with Crippen molar-refractivity contribution >= 4 is 17.7 Å². The number of pyridine rings is 1. The Hall–Kier alpha value is -1.81. The smallest absolute Gasteiger partial charge is 0.254 e. The van der Waals surface area contributed by atoms with Gasteiger partial charge in [-0.15, -0.1) is 0 Å². The third-order valence-corrected chi connectivity index (χ3v) is 4.57. The topological polar surface area (TPSA) is 42.0 Å². The summed E-state index contributed by atoms with van der Waals surface area (Å²) in [6, 6.07) is 9.95. The van der Waals surface area contributed by atoms with Crippen molar-refractivity contribution < 1.29 is 4.79 Å². The zero-order valence-corrected chi connectivity index (χ0v) is 14.2. The number of carbonyl (C=O) groups excluding carboxylic acids is 1. The third-order valence-electron chi connectivity index (χ3n) is 3.37. The molecule has 1 aromatic heterocycles. The first-order valence-corrected chi connectivity index (χ1v) is 8.41. The Morgan fingerprint density at radius 3 is 2.82 bits per heavy atom. The van der Waals surface area contributed by atoms with Crippen LogP contribution in [0.1, 0.15) is 41.3 Å². The molecular formula is C18H22N2OS. The standard InChI is InChI=1S/C18H22N2OS/c1-4-5-10-19-17(21)15-7-6-11-20-18(15)22-16-9-8-13(2)12-14(16)3/h6-9,11-12H,4-5,10H2,1-3H3,(H,19,21). The normalized spacial score (nSPS) is 10.5. The van der Waals surface area contributed by atoms with E-state index in [9.17, 15) is 4.79 Å². The molecule has 0 spiro atoms. The lowest BCUT2D eigenvalue weighted by Crippen LogP contribution is -2.25. The fourth-order valence-corrected chi connectivity index (χ4v) is 3.09. The number of aromatic nitrogens is 1. The van der Waals surface area contributed by atoms with Gasteiger partial charge in [0.2, 0.25) is 0 Å². The summed E-state index contributed by atoms with van der Waals surface area (Å²) in [5, 5.41) is 3.71. The van der Waals surface area contributed by atoms with Gasteiger partial charge < -0.3 is 5.32 Å². The minimum Gasteiger partial charge on any atom is -0.352 e. The van der Waals surface area contributed by atoms with Crippen LogP contribution in [0.5, 0.6) is 0 Å². The predicted octanol–water partition coefficient (Wildman–Crippen LogP) is 4.38. The van der Waals surface area contributed by atoms with Crippen LogP contribution in [-0.4, -0.2) is 17.4 Å². The molecule has 0 saturated heterocycles. The molecule has 0 bridgehead atoms. The Morgan fingerprint density at radius 2 is 2.09 bits per heavy atom. The lowest BCUT2D eigenvalue weighted by Gasteiger charge is -2.10. The van der Waals surface area contributed by atoms with Gasteiger partial charge in [0.05, 0.1) is 5.56 Å². The van der Waals surface area contributed by atoms with Gasteiger partial charge in [-0.3, -0.25) is 4.79 Å². The Bertz CT molecular complexity index is 655. The van der Waals surface area contributed by atoms with Crippen LogP contribution in [-0.2, 0) is 0 Å². The predicted molar refractivity (Wildman–Crippen MR) is 91.5 cm³/mol. The lowest BCUT2D eigenvalue weighted by atomic mass is 10.2. The number of nitrogens with zero attached hydrogens (tertiary/aromatic N) is 1. The average Bonchev–Trinajstić information content (AvgIpc) is 2.51. The molecule has 116 valence electrons. The molecule has 0 aliphatic carbocycles. The van der Waals surface area contributed by atoms with E-state index in [2.05, 4.69) is 49.3 Å². The molecule has 1 aromatic carbocycles. The molecule has 0 saturated carbocycles. The molecule has 0 atom stereocenters. The maximum atomic E-state index is 12.3. The number of unbranched alkanes of at least 4 members (excludes halogenated alkanes) is 1. The molecule has 22 heavy (non-hydrogen) atoms. The van der Waals surface area contributed by atoms with Crippen LogP contribution < -0.4 is 5.32 Å². The van der Waals surface area contributed by atoms with Gasteiger partial charge in [0.15, 0.2) is 0 Å². The second-order valence-corrected chi connectivity index (χ2v) is 6.37. The number of amides is 1. The highest BCUT2D eigenvalue weighted by atomic mass is 32.2. The monoisotopic (exact) mass is 314 g/mol. The molecule has 0 aliphatic heterocycles. The van der Waals surface area contributed by atoms with Gasteiger partial charge in [0.25, 0.3) is 5.91 Å². The van der Waals surface area contributed by atoms with Crippen molar-refractivity contribution in [3.05, 3.63) is 53.2 Å². The van der Waals surface area contributed by atoms with Crippen LogP contribution in [0.2, 0.25) is 0 Å². The number of benzene rings is 1. The molecule has 2 aromatic rings. The SMILES string of the molecule is CCCCNC(=O)c1cccnc1Sc1ccc(C)cc1C. The molecule has 0 radical (unpaired) electrons. The van der Waals surface area contributed by atoms with E-state index in [4.69, 9.17) is 0 Å². The van der Waals surface area contributed by atoms with E-state index < -0.39 is 0 Å². The van der Waals surface area contributed by atoms with Crippen molar-refractivity contribution in [1.82, 2.24) is 10.3 Å². The van der Waals surface area contributed by atoms with E-state index in [0.717, 1.165) is 22.8 Å². The van der Waals surface area contributed by atoms with Crippen LogP contribution >= 0.6 is 11.8 Å². The van der Waals surface area contributed by atoms with Crippen LogP contribution in [0.3, 0.4) is 0 Å². The molecule has 0 unspecified atom stereocenters. The summed E-state index contributed by atoms with van der Waals surface area (Å²) in [4.78, 5) is 17.8. The van der Waals surface area contributed by atoms with Crippen LogP contribution in [0.4, 0.5) is 0 Å². The number of hydrogen-bond donors (Lipinski definition) is 1. The fourth-order valence-electron chi connectivity index (χ4n) is 2.14. The van der Waals surface area contributed by atoms with E-state index >= 15 is 0 Å².